The van der Waals surface area contributed by atoms with E-state index in [-0.39, 0.29) is 25.8 Å². The van der Waals surface area contributed by atoms with Gasteiger partial charge < -0.3 is 77.6 Å². The van der Waals surface area contributed by atoms with Gasteiger partial charge in [0, 0.05) is 31.1 Å². The number of quaternary nitrogens is 4. The summed E-state index contributed by atoms with van der Waals surface area (Å²) in [6.45, 7) is 1.62. The van der Waals surface area contributed by atoms with Crippen molar-refractivity contribution in [2.24, 2.45) is 11.8 Å². The van der Waals surface area contributed by atoms with E-state index in [1.807, 2.05) is 0 Å². The number of carbonyl (C=O) groups is 1. The Morgan fingerprint density at radius 1 is 0.900 bits per heavy atom. The fraction of sp³-hybridized carbons (Fsp3) is 0.958. The van der Waals surface area contributed by atoms with Crippen molar-refractivity contribution in [3.05, 3.63) is 0 Å². The summed E-state index contributed by atoms with van der Waals surface area (Å²) in [6, 6.07) is -1.60. The normalized spacial score (nSPS) is 47.1. The van der Waals surface area contributed by atoms with Crippen molar-refractivity contribution in [3.8, 4) is 0 Å². The largest absolute Gasteiger partial charge is 0.394 e. The van der Waals surface area contributed by atoms with Crippen molar-refractivity contribution in [1.29, 1.82) is 0 Å². The van der Waals surface area contributed by atoms with Gasteiger partial charge in [0.05, 0.1) is 25.4 Å². The highest BCUT2D eigenvalue weighted by Crippen LogP contribution is 2.36. The second kappa shape index (κ2) is 14.5. The van der Waals surface area contributed by atoms with Gasteiger partial charge in [0.1, 0.15) is 61.4 Å². The molecule has 3 fully saturated rings. The molecule has 0 amide bonds. The minimum Gasteiger partial charge on any atom is -0.394 e. The van der Waals surface area contributed by atoms with E-state index in [9.17, 15) is 40.5 Å². The molecule has 0 radical (unpaired) electrons. The third-order valence-electron chi connectivity index (χ3n) is 8.46. The second-order valence-corrected chi connectivity index (χ2v) is 11.3. The van der Waals surface area contributed by atoms with Crippen molar-refractivity contribution in [3.63, 3.8) is 0 Å². The summed E-state index contributed by atoms with van der Waals surface area (Å²) >= 11 is 0. The number of rotatable bonds is 11. The summed E-state index contributed by atoms with van der Waals surface area (Å²) in [5.41, 5.74) is 15.3. The van der Waals surface area contributed by atoms with E-state index < -0.39 is 110 Å². The molecule has 16 heteroatoms. The molecular formula is C24H50N4O12+4. The highest BCUT2D eigenvalue weighted by molar-refractivity contribution is 5.83. The first-order chi connectivity index (χ1) is 18.9. The Morgan fingerprint density at radius 3 is 2.10 bits per heavy atom. The van der Waals surface area contributed by atoms with Crippen LogP contribution in [0.5, 0.6) is 0 Å². The molecular weight excluding hydrogens is 536 g/mol. The minimum absolute atomic E-state index is 0.164. The molecule has 0 bridgehead atoms. The molecule has 1 saturated carbocycles. The molecule has 16 atom stereocenters. The van der Waals surface area contributed by atoms with Crippen molar-refractivity contribution < 1.29 is 82.4 Å². The van der Waals surface area contributed by atoms with Crippen LogP contribution in [-0.4, -0.2) is 147 Å². The van der Waals surface area contributed by atoms with Gasteiger partial charge in [-0.3, -0.25) is 4.79 Å². The summed E-state index contributed by atoms with van der Waals surface area (Å²) in [4.78, 5) is 12.8. The fourth-order valence-corrected chi connectivity index (χ4v) is 5.79. The predicted octanol–water partition coefficient (Wildman–Crippen LogP) is -8.93. The lowest BCUT2D eigenvalue weighted by molar-refractivity contribution is -0.495. The van der Waals surface area contributed by atoms with Crippen LogP contribution in [-0.2, 0) is 23.7 Å². The third-order valence-corrected chi connectivity index (χ3v) is 8.46. The quantitative estimate of drug-likeness (QED) is 0.107. The number of aliphatic hydroxyl groups excluding tert-OH is 7. The van der Waals surface area contributed by atoms with E-state index in [4.69, 9.17) is 18.9 Å². The van der Waals surface area contributed by atoms with Crippen LogP contribution in [0.15, 0.2) is 0 Å². The molecule has 19 N–H and O–H groups in total. The SMILES string of the molecule is CC1C(O)C(C[NH3+])OC(OC2C([NH3+])CC(CC(=O)C(O)CC[NH3+])C(OC3OC(CO)C(O)C([NH3+])C3O)C2O)C1O. The molecule has 2 aliphatic heterocycles. The maximum Gasteiger partial charge on any atom is 0.190 e. The van der Waals surface area contributed by atoms with Crippen molar-refractivity contribution >= 4 is 5.78 Å². The van der Waals surface area contributed by atoms with Gasteiger partial charge in [-0.1, -0.05) is 6.92 Å². The zero-order valence-electron chi connectivity index (χ0n) is 23.0. The first kappa shape index (κ1) is 33.6. The average molecular weight is 587 g/mol. The number of carbonyl (C=O) groups excluding carboxylic acids is 1. The molecule has 2 heterocycles. The van der Waals surface area contributed by atoms with Gasteiger partial charge in [-0.05, 0) is 0 Å². The van der Waals surface area contributed by atoms with Crippen LogP contribution in [0.3, 0.4) is 0 Å². The molecule has 234 valence electrons. The number of aliphatic hydroxyl groups is 7. The van der Waals surface area contributed by atoms with Crippen LogP contribution < -0.4 is 22.9 Å². The lowest BCUT2D eigenvalue weighted by Crippen LogP contribution is -2.79. The van der Waals surface area contributed by atoms with E-state index >= 15 is 0 Å². The number of Topliss-reactive ketones (excluding diaryl/α,β-unsaturated/α-hetero) is 1. The highest BCUT2D eigenvalue weighted by atomic mass is 16.7. The maximum absolute atomic E-state index is 12.8. The first-order valence-corrected chi connectivity index (χ1v) is 13.9. The van der Waals surface area contributed by atoms with Crippen LogP contribution >= 0.6 is 0 Å². The Morgan fingerprint density at radius 2 is 1.50 bits per heavy atom. The summed E-state index contributed by atoms with van der Waals surface area (Å²) in [5.74, 6) is -1.77. The Kier molecular flexibility index (Phi) is 12.2. The lowest BCUT2D eigenvalue weighted by Gasteiger charge is -2.47. The summed E-state index contributed by atoms with van der Waals surface area (Å²) in [6.07, 6.45) is -14.1. The van der Waals surface area contributed by atoms with Crippen LogP contribution in [0.1, 0.15) is 26.2 Å². The molecule has 16 unspecified atom stereocenters. The standard InChI is InChI=1S/C24H46N4O12/c1-8-16(32)13(6-26)37-23(17(8)33)40-22-10(27)4-9(5-12(31)11(30)2-3-25)21(20(22)36)39-24-19(35)15(28)18(34)14(7-29)38-24/h8-11,13-24,29-30,32-36H,2-7,25-28H2,1H3/p+4. The van der Waals surface area contributed by atoms with Gasteiger partial charge in [-0.25, -0.2) is 0 Å². The molecule has 40 heavy (non-hydrogen) atoms. The number of hydrogen-bond acceptors (Lipinski definition) is 12. The summed E-state index contributed by atoms with van der Waals surface area (Å²) < 4.78 is 23.4. The third kappa shape index (κ3) is 7.16. The Balaban J connectivity index is 1.85. The Labute approximate surface area is 232 Å². The molecule has 16 nitrogen and oxygen atoms in total. The zero-order valence-corrected chi connectivity index (χ0v) is 23.0. The summed E-state index contributed by atoms with van der Waals surface area (Å²) in [5, 5.41) is 73.4. The van der Waals surface area contributed by atoms with Gasteiger partial charge in [0.2, 0.25) is 0 Å². The molecule has 2 saturated heterocycles. The second-order valence-electron chi connectivity index (χ2n) is 11.3. The number of ketones is 1. The lowest BCUT2D eigenvalue weighted by atomic mass is 9.76. The van der Waals surface area contributed by atoms with E-state index in [0.29, 0.717) is 6.54 Å². The maximum atomic E-state index is 12.8. The van der Waals surface area contributed by atoms with Crippen LogP contribution in [0.4, 0.5) is 0 Å². The molecule has 0 aromatic rings. The smallest absolute Gasteiger partial charge is 0.190 e. The Bertz CT molecular complexity index is 812. The van der Waals surface area contributed by atoms with Crippen LogP contribution in [0, 0.1) is 11.8 Å². The van der Waals surface area contributed by atoms with Gasteiger partial charge in [-0.15, -0.1) is 0 Å². The van der Waals surface area contributed by atoms with Crippen molar-refractivity contribution in [1.82, 2.24) is 0 Å². The van der Waals surface area contributed by atoms with E-state index in [2.05, 4.69) is 22.9 Å². The van der Waals surface area contributed by atoms with E-state index in [1.165, 1.54) is 0 Å². The molecule has 0 aromatic carbocycles. The van der Waals surface area contributed by atoms with Crippen molar-refractivity contribution in [2.75, 3.05) is 19.7 Å². The molecule has 3 aliphatic rings. The highest BCUT2D eigenvalue weighted by Gasteiger charge is 2.54. The molecule has 1 aliphatic carbocycles. The molecule has 0 spiro atoms. The van der Waals surface area contributed by atoms with E-state index in [0.717, 1.165) is 0 Å². The predicted molar refractivity (Wildman–Crippen MR) is 131 cm³/mol. The molecule has 3 rings (SSSR count). The minimum atomic E-state index is -1.46. The van der Waals surface area contributed by atoms with Gasteiger partial charge in [-0.2, -0.15) is 0 Å². The average Bonchev–Trinajstić information content (AvgIpc) is 2.92. The van der Waals surface area contributed by atoms with Crippen LogP contribution in [0.2, 0.25) is 0 Å². The topological polar surface area (TPSA) is 306 Å². The first-order valence-electron chi connectivity index (χ1n) is 13.9. The monoisotopic (exact) mass is 586 g/mol. The van der Waals surface area contributed by atoms with Gasteiger partial charge >= 0.3 is 0 Å². The fourth-order valence-electron chi connectivity index (χ4n) is 5.79. The van der Waals surface area contributed by atoms with Crippen molar-refractivity contribution in [2.45, 2.75) is 112 Å². The number of hydrogen-bond donors (Lipinski definition) is 11. The molecule has 0 aromatic heterocycles. The van der Waals surface area contributed by atoms with Gasteiger partial charge in [0.15, 0.2) is 24.5 Å². The number of ether oxygens (including phenoxy) is 4. The summed E-state index contributed by atoms with van der Waals surface area (Å²) in [7, 11) is 0. The van der Waals surface area contributed by atoms with Gasteiger partial charge in [0.25, 0.3) is 0 Å². The van der Waals surface area contributed by atoms with E-state index in [1.54, 1.807) is 6.92 Å². The zero-order chi connectivity index (χ0) is 29.9. The van der Waals surface area contributed by atoms with Crippen LogP contribution in [0.25, 0.3) is 0 Å². The Hall–Kier alpha value is -0.930.